The van der Waals surface area contributed by atoms with E-state index in [0.29, 0.717) is 0 Å². The van der Waals surface area contributed by atoms with Gasteiger partial charge in [0.15, 0.2) is 0 Å². The predicted octanol–water partition coefficient (Wildman–Crippen LogP) is 5.06. The second kappa shape index (κ2) is 15.6. The zero-order chi connectivity index (χ0) is 25.8. The first kappa shape index (κ1) is 32.7. The number of benzene rings is 3. The molecule has 0 aliphatic carbocycles. The predicted molar refractivity (Wildman–Crippen MR) is 141 cm³/mol. The third kappa shape index (κ3) is 12.3. The van der Waals surface area contributed by atoms with Gasteiger partial charge < -0.3 is 9.11 Å². The van der Waals surface area contributed by atoms with Crippen LogP contribution >= 0.6 is 0 Å². The molecular weight excluding hydrogens is 512 g/mol. The minimum absolute atomic E-state index is 0. The number of hydrogen-bond donors (Lipinski definition) is 0. The molecule has 0 amide bonds. The molecule has 0 saturated heterocycles. The molecule has 0 N–H and O–H groups in total. The number of rotatable bonds is 6. The Bertz CT molecular complexity index is 1220. The van der Waals surface area contributed by atoms with Gasteiger partial charge in [-0.1, -0.05) is 99.2 Å². The Morgan fingerprint density at radius 2 is 0.629 bits per heavy atom. The van der Waals surface area contributed by atoms with E-state index in [1.54, 1.807) is 12.2 Å². The Morgan fingerprint density at radius 3 is 0.771 bits per heavy atom. The van der Waals surface area contributed by atoms with Crippen LogP contribution in [0.2, 0.25) is 0 Å². The van der Waals surface area contributed by atoms with Crippen LogP contribution in [-0.2, 0) is 20.2 Å². The van der Waals surface area contributed by atoms with Gasteiger partial charge in [-0.15, -0.1) is 0 Å². The minimum atomic E-state index is -4.31. The van der Waals surface area contributed by atoms with Gasteiger partial charge in [-0.25, -0.2) is 16.8 Å². The van der Waals surface area contributed by atoms with E-state index in [4.69, 9.17) is 0 Å². The quantitative estimate of drug-likeness (QED) is 0.321. The molecule has 0 atom stereocenters. The van der Waals surface area contributed by atoms with E-state index in [9.17, 15) is 25.9 Å². The van der Waals surface area contributed by atoms with Crippen molar-refractivity contribution in [3.8, 4) is 0 Å². The SMILES string of the molecule is C=Cc1ccc(C=C)cc1.C=Cc1ccc(S(=O)(=O)[O-])cc1.C=Cc1ccc(S(=O)(=O)[O-])cc1.[Ca+2]. The van der Waals surface area contributed by atoms with Crippen molar-refractivity contribution in [2.24, 2.45) is 0 Å². The van der Waals surface area contributed by atoms with Crippen LogP contribution in [0.15, 0.2) is 109 Å². The number of hydrogen-bond acceptors (Lipinski definition) is 6. The third-order valence-electron chi connectivity index (χ3n) is 4.22. The van der Waals surface area contributed by atoms with Crippen LogP contribution in [0.5, 0.6) is 0 Å². The van der Waals surface area contributed by atoms with Crippen molar-refractivity contribution in [2.75, 3.05) is 0 Å². The fourth-order valence-corrected chi connectivity index (χ4v) is 3.25. The maximum atomic E-state index is 10.5. The smallest absolute Gasteiger partial charge is 0.744 e. The molecule has 3 rings (SSSR count). The van der Waals surface area contributed by atoms with E-state index < -0.39 is 20.2 Å². The van der Waals surface area contributed by atoms with Gasteiger partial charge in [-0.3, -0.25) is 0 Å². The fourth-order valence-electron chi connectivity index (χ4n) is 2.31. The summed E-state index contributed by atoms with van der Waals surface area (Å²) in [5, 5.41) is 0. The van der Waals surface area contributed by atoms with Gasteiger partial charge in [0, 0.05) is 0 Å². The summed E-state index contributed by atoms with van der Waals surface area (Å²) in [6, 6.07) is 19.2. The van der Waals surface area contributed by atoms with Gasteiger partial charge >= 0.3 is 37.7 Å². The molecule has 0 heterocycles. The van der Waals surface area contributed by atoms with Crippen molar-refractivity contribution in [3.63, 3.8) is 0 Å². The topological polar surface area (TPSA) is 114 Å². The van der Waals surface area contributed by atoms with Crippen LogP contribution in [0.1, 0.15) is 22.3 Å². The maximum Gasteiger partial charge on any atom is 2.00 e. The van der Waals surface area contributed by atoms with E-state index >= 15 is 0 Å². The monoisotopic (exact) mass is 536 g/mol. The summed E-state index contributed by atoms with van der Waals surface area (Å²) in [7, 11) is -8.62. The van der Waals surface area contributed by atoms with Gasteiger partial charge in [-0.05, 0) is 46.5 Å². The molecule has 3 aromatic carbocycles. The molecule has 0 radical (unpaired) electrons. The Labute approximate surface area is 237 Å². The van der Waals surface area contributed by atoms with Crippen LogP contribution in [-0.4, -0.2) is 63.7 Å². The van der Waals surface area contributed by atoms with Gasteiger partial charge in [0.1, 0.15) is 20.2 Å². The molecule has 0 unspecified atom stereocenters. The molecule has 0 aliphatic rings. The van der Waals surface area contributed by atoms with Crippen LogP contribution in [0.25, 0.3) is 24.3 Å². The zero-order valence-electron chi connectivity index (χ0n) is 19.0. The van der Waals surface area contributed by atoms with Gasteiger partial charge in [0.2, 0.25) is 0 Å². The summed E-state index contributed by atoms with van der Waals surface area (Å²) in [5.74, 6) is 0. The summed E-state index contributed by atoms with van der Waals surface area (Å²) in [6.07, 6.45) is 6.79. The normalized spacial score (nSPS) is 10.1. The van der Waals surface area contributed by atoms with Crippen LogP contribution in [0, 0.1) is 0 Å². The minimum Gasteiger partial charge on any atom is -0.744 e. The Kier molecular flexibility index (Phi) is 14.6. The summed E-state index contributed by atoms with van der Waals surface area (Å²) >= 11 is 0. The van der Waals surface area contributed by atoms with E-state index in [-0.39, 0.29) is 47.5 Å². The summed E-state index contributed by atoms with van der Waals surface area (Å²) < 4.78 is 62.7. The average molecular weight is 537 g/mol. The molecule has 178 valence electrons. The molecule has 35 heavy (non-hydrogen) atoms. The first-order chi connectivity index (χ1) is 15.9. The first-order valence-electron chi connectivity index (χ1n) is 9.66. The molecule has 6 nitrogen and oxygen atoms in total. The Balaban J connectivity index is 0.000000491. The van der Waals surface area contributed by atoms with Crippen molar-refractivity contribution in [3.05, 3.63) is 121 Å². The van der Waals surface area contributed by atoms with Crippen LogP contribution in [0.3, 0.4) is 0 Å². The van der Waals surface area contributed by atoms with Crippen LogP contribution < -0.4 is 0 Å². The van der Waals surface area contributed by atoms with Crippen molar-refractivity contribution < 1.29 is 25.9 Å². The van der Waals surface area contributed by atoms with Crippen molar-refractivity contribution in [1.82, 2.24) is 0 Å². The van der Waals surface area contributed by atoms with E-state index in [2.05, 4.69) is 26.3 Å². The molecule has 9 heteroatoms. The Hall–Kier alpha value is -2.30. The van der Waals surface area contributed by atoms with Crippen molar-refractivity contribution in [2.45, 2.75) is 9.79 Å². The second-order valence-electron chi connectivity index (χ2n) is 6.53. The molecule has 0 fully saturated rings. The molecule has 0 aromatic heterocycles. The van der Waals surface area contributed by atoms with Gasteiger partial charge in [0.05, 0.1) is 9.79 Å². The van der Waals surface area contributed by atoms with E-state index in [1.807, 2.05) is 36.4 Å². The van der Waals surface area contributed by atoms with Gasteiger partial charge in [-0.2, -0.15) is 0 Å². The zero-order valence-corrected chi connectivity index (χ0v) is 22.9. The summed E-state index contributed by atoms with van der Waals surface area (Å²) in [4.78, 5) is -0.429. The van der Waals surface area contributed by atoms with Crippen molar-refractivity contribution >= 4 is 82.3 Å². The fraction of sp³-hybridized carbons (Fsp3) is 0. The average Bonchev–Trinajstić information content (AvgIpc) is 2.84. The van der Waals surface area contributed by atoms with E-state index in [0.717, 1.165) is 22.3 Å². The molecule has 0 bridgehead atoms. The Morgan fingerprint density at radius 1 is 0.457 bits per heavy atom. The molecular formula is C26H24CaO6S2. The molecule has 0 spiro atoms. The maximum absolute atomic E-state index is 10.5. The molecule has 0 saturated carbocycles. The first-order valence-corrected chi connectivity index (χ1v) is 12.5. The summed E-state index contributed by atoms with van der Waals surface area (Å²) in [6.45, 7) is 14.3. The summed E-state index contributed by atoms with van der Waals surface area (Å²) in [5.41, 5.74) is 3.85. The van der Waals surface area contributed by atoms with E-state index in [1.165, 1.54) is 48.5 Å². The largest absolute Gasteiger partial charge is 2.00 e. The third-order valence-corrected chi connectivity index (χ3v) is 5.92. The van der Waals surface area contributed by atoms with Crippen molar-refractivity contribution in [1.29, 1.82) is 0 Å². The second-order valence-corrected chi connectivity index (χ2v) is 9.29. The molecule has 0 aliphatic heterocycles. The standard InChI is InChI=1S/C10H10.2C8H8O3S.Ca/c1-3-9-5-7-10(4-2)8-6-9;2*1-2-7-3-5-8(6-4-7)12(9,10)11;/h3-8H,1-2H2;2*2-6H,1H2,(H,9,10,11);/q;;;+2/p-2. The molecule has 3 aromatic rings. The van der Waals surface area contributed by atoms with Gasteiger partial charge in [0.25, 0.3) is 0 Å². The van der Waals surface area contributed by atoms with Crippen LogP contribution in [0.4, 0.5) is 0 Å².